The van der Waals surface area contributed by atoms with Crippen LogP contribution >= 0.6 is 0 Å². The number of aryl methyl sites for hydroxylation is 1. The van der Waals surface area contributed by atoms with E-state index in [0.29, 0.717) is 5.92 Å². The minimum atomic E-state index is -0.322. The molecule has 1 aromatic carbocycles. The van der Waals surface area contributed by atoms with Crippen molar-refractivity contribution in [2.75, 3.05) is 0 Å². The molecule has 1 unspecified atom stereocenters. The van der Waals surface area contributed by atoms with Gasteiger partial charge in [0.2, 0.25) is 0 Å². The van der Waals surface area contributed by atoms with E-state index in [2.05, 4.69) is 63.9 Å². The van der Waals surface area contributed by atoms with Crippen molar-refractivity contribution in [3.8, 4) is 0 Å². The summed E-state index contributed by atoms with van der Waals surface area (Å²) in [4.78, 5) is 0. The van der Waals surface area contributed by atoms with E-state index in [-0.39, 0.29) is 18.3 Å². The van der Waals surface area contributed by atoms with Gasteiger partial charge in [-0.25, -0.2) is 0 Å². The average Bonchev–Trinajstić information content (AvgIpc) is 2.92. The second-order valence-electron chi connectivity index (χ2n) is 7.58. The van der Waals surface area contributed by atoms with E-state index in [1.54, 1.807) is 0 Å². The van der Waals surface area contributed by atoms with E-state index in [0.717, 1.165) is 28.4 Å². The summed E-state index contributed by atoms with van der Waals surface area (Å²) in [7, 11) is -0.322. The first kappa shape index (κ1) is 15.6. The zero-order valence-corrected chi connectivity index (χ0v) is 14.4. The number of benzene rings is 1. The van der Waals surface area contributed by atoms with Gasteiger partial charge in [-0.1, -0.05) is 26.0 Å². The van der Waals surface area contributed by atoms with Crippen LogP contribution in [0.5, 0.6) is 0 Å². The fourth-order valence-electron chi connectivity index (χ4n) is 3.40. The number of aromatic amines is 1. The fourth-order valence-corrected chi connectivity index (χ4v) is 3.40. The first-order chi connectivity index (χ1) is 10.2. The van der Waals surface area contributed by atoms with Crippen molar-refractivity contribution in [3.63, 3.8) is 0 Å². The molecule has 0 amide bonds. The third kappa shape index (κ3) is 2.46. The molecule has 1 aliphatic heterocycles. The van der Waals surface area contributed by atoms with Crippen molar-refractivity contribution >= 4 is 23.5 Å². The minimum Gasteiger partial charge on any atom is -0.399 e. The van der Waals surface area contributed by atoms with Crippen LogP contribution < -0.4 is 5.46 Å². The molecule has 0 bridgehead atoms. The zero-order chi connectivity index (χ0) is 16.1. The topological polar surface area (TPSA) is 47.1 Å². The van der Waals surface area contributed by atoms with Crippen LogP contribution in [0.25, 0.3) is 10.9 Å². The number of H-pyrrole nitrogens is 1. The van der Waals surface area contributed by atoms with Crippen LogP contribution in [-0.2, 0) is 9.31 Å². The molecule has 0 radical (unpaired) electrons. The van der Waals surface area contributed by atoms with Crippen LogP contribution in [0.2, 0.25) is 0 Å². The number of rotatable bonds is 3. The third-order valence-corrected chi connectivity index (χ3v) is 4.88. The molecule has 22 heavy (non-hydrogen) atoms. The first-order valence-electron chi connectivity index (χ1n) is 8.01. The van der Waals surface area contributed by atoms with Crippen molar-refractivity contribution in [1.82, 2.24) is 10.2 Å². The lowest BCUT2D eigenvalue weighted by molar-refractivity contribution is -0.0239. The van der Waals surface area contributed by atoms with Crippen molar-refractivity contribution < 1.29 is 9.31 Å². The van der Waals surface area contributed by atoms with Crippen molar-refractivity contribution in [2.24, 2.45) is 5.92 Å². The smallest absolute Gasteiger partial charge is 0.399 e. The zero-order valence-electron chi connectivity index (χ0n) is 14.4. The summed E-state index contributed by atoms with van der Waals surface area (Å²) in [5, 5.41) is 8.25. The summed E-state index contributed by atoms with van der Waals surface area (Å²) in [6, 6.07) is 4.23. The van der Waals surface area contributed by atoms with Crippen molar-refractivity contribution in [2.45, 2.75) is 59.2 Å². The van der Waals surface area contributed by atoms with E-state index < -0.39 is 0 Å². The molecule has 1 aliphatic rings. The van der Waals surface area contributed by atoms with E-state index in [1.165, 1.54) is 0 Å². The fraction of sp³-hybridized carbons (Fsp3) is 0.588. The van der Waals surface area contributed by atoms with Crippen LogP contribution in [0.15, 0.2) is 18.3 Å². The SMILES string of the molecule is Cc1cc(B2OC(C)(C)C(C)(CC(C)C)O2)cc2cn[nH]c12. The molecule has 2 heterocycles. The summed E-state index contributed by atoms with van der Waals surface area (Å²) in [6.07, 6.45) is 2.82. The molecular formula is C17H25BN2O2. The Morgan fingerprint density at radius 1 is 1.23 bits per heavy atom. The summed E-state index contributed by atoms with van der Waals surface area (Å²) in [6.45, 7) is 12.9. The maximum atomic E-state index is 6.39. The summed E-state index contributed by atoms with van der Waals surface area (Å²) in [5.41, 5.74) is 2.69. The monoisotopic (exact) mass is 300 g/mol. The summed E-state index contributed by atoms with van der Waals surface area (Å²) < 4.78 is 12.7. The highest BCUT2D eigenvalue weighted by Gasteiger charge is 2.54. The van der Waals surface area contributed by atoms with Crippen LogP contribution in [-0.4, -0.2) is 28.5 Å². The number of aromatic nitrogens is 2. The Morgan fingerprint density at radius 2 is 1.95 bits per heavy atom. The largest absolute Gasteiger partial charge is 0.494 e. The molecule has 118 valence electrons. The Balaban J connectivity index is 1.95. The number of hydrogen-bond acceptors (Lipinski definition) is 3. The molecule has 1 N–H and O–H groups in total. The molecule has 1 aromatic heterocycles. The molecule has 5 heteroatoms. The lowest BCUT2D eigenvalue weighted by Gasteiger charge is -2.37. The van der Waals surface area contributed by atoms with Gasteiger partial charge in [0, 0.05) is 5.39 Å². The lowest BCUT2D eigenvalue weighted by Crippen LogP contribution is -2.45. The molecule has 0 spiro atoms. The maximum absolute atomic E-state index is 6.39. The van der Waals surface area contributed by atoms with Crippen LogP contribution in [0, 0.1) is 12.8 Å². The Hall–Kier alpha value is -1.33. The van der Waals surface area contributed by atoms with Gasteiger partial charge in [0.25, 0.3) is 0 Å². The van der Waals surface area contributed by atoms with Gasteiger partial charge in [0.1, 0.15) is 0 Å². The van der Waals surface area contributed by atoms with Gasteiger partial charge in [-0.2, -0.15) is 5.10 Å². The predicted octanol–water partition coefficient (Wildman–Crippen LogP) is 3.20. The Bertz CT molecular complexity index is 695. The molecule has 1 atom stereocenters. The Labute approximate surface area is 132 Å². The molecule has 0 aliphatic carbocycles. The maximum Gasteiger partial charge on any atom is 0.494 e. The number of nitrogens with zero attached hydrogens (tertiary/aromatic N) is 1. The van der Waals surface area contributed by atoms with Gasteiger partial charge >= 0.3 is 7.12 Å². The summed E-state index contributed by atoms with van der Waals surface area (Å²) in [5.74, 6) is 0.560. The van der Waals surface area contributed by atoms with E-state index in [9.17, 15) is 0 Å². The van der Waals surface area contributed by atoms with E-state index >= 15 is 0 Å². The van der Waals surface area contributed by atoms with Crippen LogP contribution in [0.4, 0.5) is 0 Å². The molecule has 1 saturated heterocycles. The molecule has 3 rings (SSSR count). The second-order valence-corrected chi connectivity index (χ2v) is 7.58. The quantitative estimate of drug-likeness (QED) is 0.886. The molecule has 0 saturated carbocycles. The normalized spacial score (nSPS) is 24.6. The van der Waals surface area contributed by atoms with Gasteiger partial charge < -0.3 is 9.31 Å². The minimum absolute atomic E-state index is 0.287. The van der Waals surface area contributed by atoms with Gasteiger partial charge in [-0.3, -0.25) is 5.10 Å². The van der Waals surface area contributed by atoms with E-state index in [1.807, 2.05) is 6.20 Å². The first-order valence-corrected chi connectivity index (χ1v) is 8.01. The Kier molecular flexibility index (Phi) is 3.61. The number of nitrogens with one attached hydrogen (secondary N) is 1. The predicted molar refractivity (Wildman–Crippen MR) is 90.3 cm³/mol. The van der Waals surface area contributed by atoms with Gasteiger partial charge in [-0.15, -0.1) is 0 Å². The average molecular weight is 300 g/mol. The lowest BCUT2D eigenvalue weighted by atomic mass is 9.77. The molecule has 2 aromatic rings. The highest BCUT2D eigenvalue weighted by molar-refractivity contribution is 6.62. The Morgan fingerprint density at radius 3 is 2.64 bits per heavy atom. The summed E-state index contributed by atoms with van der Waals surface area (Å²) >= 11 is 0. The molecule has 4 nitrogen and oxygen atoms in total. The second kappa shape index (κ2) is 5.10. The highest BCUT2D eigenvalue weighted by atomic mass is 16.7. The van der Waals surface area contributed by atoms with Crippen LogP contribution in [0.3, 0.4) is 0 Å². The molecule has 1 fully saturated rings. The van der Waals surface area contributed by atoms with Gasteiger partial charge in [0.15, 0.2) is 0 Å². The number of hydrogen-bond donors (Lipinski definition) is 1. The van der Waals surface area contributed by atoms with Crippen LogP contribution in [0.1, 0.15) is 46.6 Å². The highest BCUT2D eigenvalue weighted by Crippen LogP contribution is 2.41. The van der Waals surface area contributed by atoms with Crippen molar-refractivity contribution in [1.29, 1.82) is 0 Å². The third-order valence-electron chi connectivity index (χ3n) is 4.88. The van der Waals surface area contributed by atoms with E-state index in [4.69, 9.17) is 9.31 Å². The van der Waals surface area contributed by atoms with Crippen molar-refractivity contribution in [3.05, 3.63) is 23.9 Å². The van der Waals surface area contributed by atoms with Gasteiger partial charge in [-0.05, 0) is 51.1 Å². The van der Waals surface area contributed by atoms with Gasteiger partial charge in [0.05, 0.1) is 22.9 Å². The number of fused-ring (bicyclic) bond motifs is 1. The standard InChI is InChI=1S/C17H25BN2O2/c1-11(2)9-17(6)16(4,5)21-18(22-17)14-7-12(3)15-13(8-14)10-19-20-15/h7-8,10-11H,9H2,1-6H3,(H,19,20). The molecular weight excluding hydrogens is 275 g/mol.